The topological polar surface area (TPSA) is 20.3 Å². The number of benzene rings is 1. The first-order valence-corrected chi connectivity index (χ1v) is 8.79. The zero-order valence-electron chi connectivity index (χ0n) is 11.2. The maximum absolute atomic E-state index is 12.3. The monoisotopic (exact) mass is 377 g/mol. The average Bonchev–Trinajstić information content (AvgIpc) is 3.24. The van der Waals surface area contributed by atoms with Crippen molar-refractivity contribution in [3.63, 3.8) is 0 Å². The van der Waals surface area contributed by atoms with Crippen LogP contribution in [0.15, 0.2) is 18.2 Å². The van der Waals surface area contributed by atoms with Crippen molar-refractivity contribution in [1.29, 1.82) is 0 Å². The minimum atomic E-state index is 0.250. The van der Waals surface area contributed by atoms with E-state index in [9.17, 15) is 4.79 Å². The lowest BCUT2D eigenvalue weighted by atomic mass is 10.2. The van der Waals surface area contributed by atoms with E-state index >= 15 is 0 Å². The molecule has 20 heavy (non-hydrogen) atoms. The summed E-state index contributed by atoms with van der Waals surface area (Å²) < 4.78 is 0. The predicted molar refractivity (Wildman–Crippen MR) is 87.7 cm³/mol. The molecule has 1 aliphatic rings. The highest BCUT2D eigenvalue weighted by Crippen LogP contribution is 2.30. The third-order valence-electron chi connectivity index (χ3n) is 3.42. The molecule has 1 amide bonds. The van der Waals surface area contributed by atoms with Gasteiger partial charge in [-0.25, -0.2) is 0 Å². The number of alkyl halides is 1. The molecule has 1 aromatic carbocycles. The number of carbonyl (C=O) groups is 1. The van der Waals surface area contributed by atoms with E-state index in [0.29, 0.717) is 29.1 Å². The van der Waals surface area contributed by atoms with Crippen LogP contribution in [0.4, 0.5) is 0 Å². The van der Waals surface area contributed by atoms with Crippen molar-refractivity contribution >= 4 is 45.0 Å². The van der Waals surface area contributed by atoms with Crippen molar-refractivity contribution in [2.75, 3.05) is 5.33 Å². The first-order valence-electron chi connectivity index (χ1n) is 6.91. The fourth-order valence-electron chi connectivity index (χ4n) is 2.16. The molecule has 0 N–H and O–H groups in total. The van der Waals surface area contributed by atoms with E-state index < -0.39 is 0 Å². The lowest BCUT2D eigenvalue weighted by Gasteiger charge is -2.23. The fraction of sp³-hybridized carbons (Fsp3) is 0.533. The Morgan fingerprint density at radius 2 is 2.00 bits per heavy atom. The summed E-state index contributed by atoms with van der Waals surface area (Å²) in [5, 5.41) is 2.06. The van der Waals surface area contributed by atoms with Crippen LogP contribution in [0.25, 0.3) is 0 Å². The Hall–Kier alpha value is -0.250. The van der Waals surface area contributed by atoms with Crippen LogP contribution in [0.5, 0.6) is 0 Å². The maximum Gasteiger partial charge on any atom is 0.223 e. The summed E-state index contributed by atoms with van der Waals surface area (Å²) in [4.78, 5) is 14.3. The van der Waals surface area contributed by atoms with Gasteiger partial charge in [-0.3, -0.25) is 4.79 Å². The summed E-state index contributed by atoms with van der Waals surface area (Å²) in [7, 11) is 0. The molecule has 1 aliphatic carbocycles. The van der Waals surface area contributed by atoms with E-state index in [2.05, 4.69) is 15.9 Å². The van der Waals surface area contributed by atoms with E-state index in [1.54, 1.807) is 6.07 Å². The van der Waals surface area contributed by atoms with E-state index in [-0.39, 0.29) is 5.91 Å². The van der Waals surface area contributed by atoms with Gasteiger partial charge in [-0.05, 0) is 43.4 Å². The van der Waals surface area contributed by atoms with Gasteiger partial charge in [0, 0.05) is 24.3 Å². The van der Waals surface area contributed by atoms with Crippen LogP contribution in [0.1, 0.15) is 37.7 Å². The van der Waals surface area contributed by atoms with Crippen molar-refractivity contribution < 1.29 is 4.79 Å². The van der Waals surface area contributed by atoms with Crippen LogP contribution in [0, 0.1) is 0 Å². The molecule has 2 nitrogen and oxygen atoms in total. The minimum Gasteiger partial charge on any atom is -0.335 e. The summed E-state index contributed by atoms with van der Waals surface area (Å²) in [5.41, 5.74) is 1.04. The molecule has 0 atom stereocenters. The van der Waals surface area contributed by atoms with Gasteiger partial charge in [0.2, 0.25) is 5.91 Å². The maximum atomic E-state index is 12.3. The molecule has 0 aromatic heterocycles. The molecular weight excluding hydrogens is 361 g/mol. The second kappa shape index (κ2) is 7.67. The number of amides is 1. The third kappa shape index (κ3) is 4.64. The van der Waals surface area contributed by atoms with Crippen LogP contribution in [0.3, 0.4) is 0 Å². The Balaban J connectivity index is 1.98. The van der Waals surface area contributed by atoms with Gasteiger partial charge in [0.15, 0.2) is 0 Å². The number of hydrogen-bond donors (Lipinski definition) is 0. The summed E-state index contributed by atoms with van der Waals surface area (Å²) in [5.74, 6) is 0.250. The van der Waals surface area contributed by atoms with E-state index in [4.69, 9.17) is 23.2 Å². The fourth-order valence-corrected chi connectivity index (χ4v) is 2.87. The predicted octanol–water partition coefficient (Wildman–Crippen LogP) is 5.05. The van der Waals surface area contributed by atoms with E-state index in [0.717, 1.165) is 36.6 Å². The molecule has 0 radical (unpaired) electrons. The smallest absolute Gasteiger partial charge is 0.223 e. The highest BCUT2D eigenvalue weighted by Gasteiger charge is 2.32. The third-order valence-corrected chi connectivity index (χ3v) is 4.72. The number of nitrogens with zero attached hydrogens (tertiary/aromatic N) is 1. The van der Waals surface area contributed by atoms with Crippen LogP contribution in [0.2, 0.25) is 10.0 Å². The Morgan fingerprint density at radius 1 is 1.25 bits per heavy atom. The second-order valence-corrected chi connectivity index (χ2v) is 6.75. The van der Waals surface area contributed by atoms with Gasteiger partial charge < -0.3 is 4.90 Å². The standard InChI is InChI=1S/C15H18BrCl2NO/c16-8-2-1-3-15(20)19(12-5-6-12)10-11-4-7-13(17)14(18)9-11/h4,7,9,12H,1-3,5-6,8,10H2. The molecule has 1 aromatic rings. The van der Waals surface area contributed by atoms with Gasteiger partial charge in [0.1, 0.15) is 0 Å². The van der Waals surface area contributed by atoms with Gasteiger partial charge in [-0.15, -0.1) is 0 Å². The highest BCUT2D eigenvalue weighted by atomic mass is 79.9. The van der Waals surface area contributed by atoms with E-state index in [1.807, 2.05) is 17.0 Å². The number of unbranched alkanes of at least 4 members (excludes halogenated alkanes) is 1. The zero-order chi connectivity index (χ0) is 14.5. The minimum absolute atomic E-state index is 0.250. The highest BCUT2D eigenvalue weighted by molar-refractivity contribution is 9.09. The number of hydrogen-bond acceptors (Lipinski definition) is 1. The summed E-state index contributed by atoms with van der Waals surface area (Å²) in [6.07, 6.45) is 4.84. The summed E-state index contributed by atoms with van der Waals surface area (Å²) in [6, 6.07) is 6.00. The molecular formula is C15H18BrCl2NO. The van der Waals surface area contributed by atoms with Crippen molar-refractivity contribution in [2.24, 2.45) is 0 Å². The Labute approximate surface area is 138 Å². The van der Waals surface area contributed by atoms with Crippen molar-refractivity contribution in [3.8, 4) is 0 Å². The Bertz CT molecular complexity index is 477. The SMILES string of the molecule is O=C(CCCCBr)N(Cc1ccc(Cl)c(Cl)c1)C1CC1. The van der Waals surface area contributed by atoms with Crippen LogP contribution in [-0.4, -0.2) is 22.2 Å². The van der Waals surface area contributed by atoms with Gasteiger partial charge >= 0.3 is 0 Å². The lowest BCUT2D eigenvalue weighted by Crippen LogP contribution is -2.32. The molecule has 110 valence electrons. The molecule has 0 heterocycles. The number of halogens is 3. The molecule has 0 unspecified atom stereocenters. The van der Waals surface area contributed by atoms with Gasteiger partial charge in [0.05, 0.1) is 10.0 Å². The van der Waals surface area contributed by atoms with Crippen LogP contribution >= 0.6 is 39.1 Å². The molecule has 2 rings (SSSR count). The Kier molecular flexibility index (Phi) is 6.19. The zero-order valence-corrected chi connectivity index (χ0v) is 14.3. The molecule has 0 spiro atoms. The quantitative estimate of drug-likeness (QED) is 0.480. The molecule has 0 saturated heterocycles. The van der Waals surface area contributed by atoms with Crippen LogP contribution < -0.4 is 0 Å². The molecule has 1 fully saturated rings. The molecule has 0 aliphatic heterocycles. The molecule has 1 saturated carbocycles. The normalized spacial score (nSPS) is 14.3. The van der Waals surface area contributed by atoms with E-state index in [1.165, 1.54) is 0 Å². The van der Waals surface area contributed by atoms with Gasteiger partial charge in [0.25, 0.3) is 0 Å². The lowest BCUT2D eigenvalue weighted by molar-refractivity contribution is -0.132. The van der Waals surface area contributed by atoms with Crippen molar-refractivity contribution in [1.82, 2.24) is 4.90 Å². The number of rotatable bonds is 7. The first kappa shape index (κ1) is 16.1. The average molecular weight is 379 g/mol. The summed E-state index contributed by atoms with van der Waals surface area (Å²) in [6.45, 7) is 0.634. The second-order valence-electron chi connectivity index (χ2n) is 5.15. The van der Waals surface area contributed by atoms with Gasteiger partial charge in [-0.2, -0.15) is 0 Å². The first-order chi connectivity index (χ1) is 9.61. The summed E-state index contributed by atoms with van der Waals surface area (Å²) >= 11 is 15.4. The molecule has 5 heteroatoms. The van der Waals surface area contributed by atoms with Crippen LogP contribution in [-0.2, 0) is 11.3 Å². The largest absolute Gasteiger partial charge is 0.335 e. The Morgan fingerprint density at radius 3 is 2.60 bits per heavy atom. The number of carbonyl (C=O) groups excluding carboxylic acids is 1. The van der Waals surface area contributed by atoms with Gasteiger partial charge in [-0.1, -0.05) is 45.2 Å². The van der Waals surface area contributed by atoms with Crippen molar-refractivity contribution in [3.05, 3.63) is 33.8 Å². The van der Waals surface area contributed by atoms with Crippen molar-refractivity contribution in [2.45, 2.75) is 44.7 Å². The molecule has 0 bridgehead atoms.